The largest absolute Gasteiger partial charge is 0.483 e. The third kappa shape index (κ3) is 3.37. The minimum absolute atomic E-state index is 0.181. The summed E-state index contributed by atoms with van der Waals surface area (Å²) in [6.45, 7) is 0.408. The van der Waals surface area contributed by atoms with Crippen LogP contribution in [0.2, 0.25) is 5.02 Å². The number of nitrogens with two attached hydrogens (primary N) is 1. The molecule has 2 nitrogen and oxygen atoms in total. The number of benzene rings is 2. The van der Waals surface area contributed by atoms with Crippen LogP contribution >= 0.6 is 34.2 Å². The second kappa shape index (κ2) is 6.41. The van der Waals surface area contributed by atoms with E-state index in [4.69, 9.17) is 22.1 Å². The van der Waals surface area contributed by atoms with Gasteiger partial charge in [-0.1, -0.05) is 35.9 Å². The first kappa shape index (κ1) is 13.6. The van der Waals surface area contributed by atoms with E-state index in [-0.39, 0.29) is 6.10 Å². The molecule has 4 heteroatoms. The molecule has 0 bridgehead atoms. The summed E-state index contributed by atoms with van der Waals surface area (Å²) in [4.78, 5) is 0. The van der Waals surface area contributed by atoms with Crippen molar-refractivity contribution in [3.05, 3.63) is 62.7 Å². The fraction of sp³-hybridized carbons (Fsp3) is 0.143. The lowest BCUT2D eigenvalue weighted by Gasteiger charge is -2.19. The van der Waals surface area contributed by atoms with Crippen LogP contribution in [0.4, 0.5) is 0 Å². The molecule has 0 aromatic heterocycles. The lowest BCUT2D eigenvalue weighted by Crippen LogP contribution is -2.18. The predicted octanol–water partition coefficient (Wildman–Crippen LogP) is 4.02. The Labute approximate surface area is 125 Å². The van der Waals surface area contributed by atoms with E-state index in [2.05, 4.69) is 22.6 Å². The highest BCUT2D eigenvalue weighted by Gasteiger charge is 2.13. The molecule has 2 aromatic rings. The maximum Gasteiger partial charge on any atom is 0.136 e. The van der Waals surface area contributed by atoms with Crippen LogP contribution < -0.4 is 10.5 Å². The lowest BCUT2D eigenvalue weighted by molar-refractivity contribution is 0.212. The smallest absolute Gasteiger partial charge is 0.136 e. The molecule has 0 heterocycles. The highest BCUT2D eigenvalue weighted by Crippen LogP contribution is 2.27. The van der Waals surface area contributed by atoms with Gasteiger partial charge in [0.1, 0.15) is 11.9 Å². The van der Waals surface area contributed by atoms with Crippen LogP contribution in [0.25, 0.3) is 0 Å². The minimum Gasteiger partial charge on any atom is -0.483 e. The van der Waals surface area contributed by atoms with Crippen LogP contribution in [0.3, 0.4) is 0 Å². The van der Waals surface area contributed by atoms with E-state index >= 15 is 0 Å². The van der Waals surface area contributed by atoms with Crippen LogP contribution in [-0.2, 0) is 0 Å². The summed E-state index contributed by atoms with van der Waals surface area (Å²) < 4.78 is 7.01. The number of halogens is 2. The van der Waals surface area contributed by atoms with Crippen molar-refractivity contribution in [2.45, 2.75) is 6.10 Å². The van der Waals surface area contributed by atoms with Gasteiger partial charge in [-0.05, 0) is 52.4 Å². The second-order valence-corrected chi connectivity index (χ2v) is 5.43. The number of hydrogen-bond donors (Lipinski definition) is 1. The molecule has 0 amide bonds. The van der Waals surface area contributed by atoms with Gasteiger partial charge in [-0.3, -0.25) is 0 Å². The zero-order valence-electron chi connectivity index (χ0n) is 9.64. The van der Waals surface area contributed by atoms with Gasteiger partial charge in [0, 0.05) is 11.6 Å². The highest BCUT2D eigenvalue weighted by atomic mass is 127. The van der Waals surface area contributed by atoms with Gasteiger partial charge in [0.15, 0.2) is 0 Å². The third-order valence-electron chi connectivity index (χ3n) is 2.54. The van der Waals surface area contributed by atoms with E-state index in [0.717, 1.165) is 14.9 Å². The summed E-state index contributed by atoms with van der Waals surface area (Å²) in [6, 6.07) is 15.5. The Hall–Kier alpha value is -0.780. The Kier molecular flexibility index (Phi) is 4.86. The Morgan fingerprint density at radius 2 is 1.94 bits per heavy atom. The third-order valence-corrected chi connectivity index (χ3v) is 3.67. The molecule has 94 valence electrons. The summed E-state index contributed by atoms with van der Waals surface area (Å²) in [5.74, 6) is 0.841. The first-order valence-electron chi connectivity index (χ1n) is 5.57. The maximum absolute atomic E-state index is 5.98. The quantitative estimate of drug-likeness (QED) is 0.822. The van der Waals surface area contributed by atoms with Crippen molar-refractivity contribution in [2.24, 2.45) is 5.73 Å². The number of ether oxygens (including phenoxy) is 1. The van der Waals surface area contributed by atoms with Crippen molar-refractivity contribution in [2.75, 3.05) is 6.54 Å². The first-order chi connectivity index (χ1) is 8.70. The standard InChI is InChI=1S/C14H13ClINO/c15-11-5-3-4-10(8-11)14(9-17)18-13-7-2-1-6-12(13)16/h1-8,14H,9,17H2. The van der Waals surface area contributed by atoms with Crippen molar-refractivity contribution < 1.29 is 4.74 Å². The van der Waals surface area contributed by atoms with E-state index in [1.807, 2.05) is 48.5 Å². The van der Waals surface area contributed by atoms with Crippen molar-refractivity contribution in [3.8, 4) is 5.75 Å². The molecule has 2 N–H and O–H groups in total. The minimum atomic E-state index is -0.181. The normalized spacial score (nSPS) is 12.2. The molecule has 0 fully saturated rings. The van der Waals surface area contributed by atoms with Crippen molar-refractivity contribution in [1.29, 1.82) is 0 Å². The molecule has 1 unspecified atom stereocenters. The van der Waals surface area contributed by atoms with Crippen LogP contribution in [0, 0.1) is 3.57 Å². The molecule has 2 rings (SSSR count). The topological polar surface area (TPSA) is 35.2 Å². The lowest BCUT2D eigenvalue weighted by atomic mass is 10.1. The molecule has 2 aromatic carbocycles. The van der Waals surface area contributed by atoms with E-state index in [9.17, 15) is 0 Å². The number of rotatable bonds is 4. The molecule has 0 aliphatic heterocycles. The summed E-state index contributed by atoms with van der Waals surface area (Å²) in [7, 11) is 0. The van der Waals surface area contributed by atoms with Crippen molar-refractivity contribution in [3.63, 3.8) is 0 Å². The fourth-order valence-corrected chi connectivity index (χ4v) is 2.37. The fourth-order valence-electron chi connectivity index (χ4n) is 1.65. The molecule has 0 saturated heterocycles. The van der Waals surface area contributed by atoms with Gasteiger partial charge in [0.2, 0.25) is 0 Å². The van der Waals surface area contributed by atoms with Gasteiger partial charge in [0.05, 0.1) is 3.57 Å². The van der Waals surface area contributed by atoms with Gasteiger partial charge in [-0.15, -0.1) is 0 Å². The molecular formula is C14H13ClINO. The monoisotopic (exact) mass is 373 g/mol. The van der Waals surface area contributed by atoms with Gasteiger partial charge >= 0.3 is 0 Å². The molecular weight excluding hydrogens is 361 g/mol. The van der Waals surface area contributed by atoms with E-state index < -0.39 is 0 Å². The highest BCUT2D eigenvalue weighted by molar-refractivity contribution is 14.1. The maximum atomic E-state index is 5.98. The van der Waals surface area contributed by atoms with Gasteiger partial charge < -0.3 is 10.5 Å². The molecule has 18 heavy (non-hydrogen) atoms. The van der Waals surface area contributed by atoms with Crippen molar-refractivity contribution >= 4 is 34.2 Å². The van der Waals surface area contributed by atoms with Crippen LogP contribution in [0.5, 0.6) is 5.75 Å². The SMILES string of the molecule is NCC(Oc1ccccc1I)c1cccc(Cl)c1. The van der Waals surface area contributed by atoms with Crippen LogP contribution in [0.15, 0.2) is 48.5 Å². The van der Waals surface area contributed by atoms with E-state index in [1.54, 1.807) is 0 Å². The van der Waals surface area contributed by atoms with E-state index in [0.29, 0.717) is 11.6 Å². The van der Waals surface area contributed by atoms with E-state index in [1.165, 1.54) is 0 Å². The average Bonchev–Trinajstić information content (AvgIpc) is 2.38. The van der Waals surface area contributed by atoms with Gasteiger partial charge in [-0.2, -0.15) is 0 Å². The zero-order valence-corrected chi connectivity index (χ0v) is 12.6. The number of hydrogen-bond acceptors (Lipinski definition) is 2. The molecule has 1 atom stereocenters. The Morgan fingerprint density at radius 3 is 2.61 bits per heavy atom. The number of para-hydroxylation sites is 1. The Balaban J connectivity index is 2.23. The summed E-state index contributed by atoms with van der Waals surface area (Å²) in [5, 5.41) is 0.692. The summed E-state index contributed by atoms with van der Waals surface area (Å²) >= 11 is 8.23. The predicted molar refractivity (Wildman–Crippen MR) is 83.0 cm³/mol. The van der Waals surface area contributed by atoms with Gasteiger partial charge in [0.25, 0.3) is 0 Å². The molecule has 0 aliphatic rings. The first-order valence-corrected chi connectivity index (χ1v) is 7.03. The Bertz CT molecular complexity index is 533. The molecule has 0 aliphatic carbocycles. The van der Waals surface area contributed by atoms with Crippen LogP contribution in [-0.4, -0.2) is 6.54 Å². The summed E-state index contributed by atoms with van der Waals surface area (Å²) in [6.07, 6.45) is -0.181. The second-order valence-electron chi connectivity index (χ2n) is 3.83. The molecule has 0 radical (unpaired) electrons. The summed E-state index contributed by atoms with van der Waals surface area (Å²) in [5.41, 5.74) is 6.77. The van der Waals surface area contributed by atoms with Gasteiger partial charge in [-0.25, -0.2) is 0 Å². The Morgan fingerprint density at radius 1 is 1.17 bits per heavy atom. The van der Waals surface area contributed by atoms with Crippen molar-refractivity contribution in [1.82, 2.24) is 0 Å². The molecule has 0 saturated carbocycles. The average molecular weight is 374 g/mol. The zero-order chi connectivity index (χ0) is 13.0. The molecule has 0 spiro atoms. The van der Waals surface area contributed by atoms with Crippen LogP contribution in [0.1, 0.15) is 11.7 Å².